The van der Waals surface area contributed by atoms with Crippen LogP contribution in [0.25, 0.3) is 0 Å². The zero-order valence-electron chi connectivity index (χ0n) is 11.8. The third kappa shape index (κ3) is 3.07. The molecule has 0 spiro atoms. The van der Waals surface area contributed by atoms with Crippen molar-refractivity contribution in [1.29, 1.82) is 0 Å². The van der Waals surface area contributed by atoms with Crippen molar-refractivity contribution < 1.29 is 4.79 Å². The Morgan fingerprint density at radius 3 is 2.95 bits per heavy atom. The molecule has 4 nitrogen and oxygen atoms in total. The van der Waals surface area contributed by atoms with Crippen LogP contribution in [0.2, 0.25) is 0 Å². The largest absolute Gasteiger partial charge is 0.338 e. The third-order valence-corrected chi connectivity index (χ3v) is 3.60. The van der Waals surface area contributed by atoms with Gasteiger partial charge in [0.1, 0.15) is 0 Å². The van der Waals surface area contributed by atoms with Crippen molar-refractivity contribution in [2.24, 2.45) is 0 Å². The van der Waals surface area contributed by atoms with Crippen LogP contribution in [-0.2, 0) is 0 Å². The van der Waals surface area contributed by atoms with Gasteiger partial charge in [-0.05, 0) is 37.9 Å². The predicted octanol–water partition coefficient (Wildman–Crippen LogP) is 2.67. The van der Waals surface area contributed by atoms with E-state index in [9.17, 15) is 4.79 Å². The third-order valence-electron chi connectivity index (χ3n) is 3.60. The van der Waals surface area contributed by atoms with E-state index < -0.39 is 0 Å². The monoisotopic (exact) mass is 261 g/mol. The summed E-state index contributed by atoms with van der Waals surface area (Å²) in [6.07, 6.45) is 3.03. The van der Waals surface area contributed by atoms with E-state index in [0.717, 1.165) is 38.0 Å². The maximum Gasteiger partial charge on any atom is 0.321 e. The van der Waals surface area contributed by atoms with Crippen molar-refractivity contribution in [3.8, 4) is 0 Å². The van der Waals surface area contributed by atoms with Gasteiger partial charge in [-0.2, -0.15) is 0 Å². The summed E-state index contributed by atoms with van der Waals surface area (Å²) in [6, 6.07) is 8.54. The molecule has 1 aliphatic heterocycles. The van der Waals surface area contributed by atoms with Gasteiger partial charge in [-0.3, -0.25) is 4.90 Å². The number of hydrogen-bond acceptors (Lipinski definition) is 2. The average molecular weight is 261 g/mol. The molecule has 104 valence electrons. The molecule has 4 heteroatoms. The number of carbonyl (C=O) groups excluding carboxylic acids is 1. The molecule has 2 rings (SSSR count). The summed E-state index contributed by atoms with van der Waals surface area (Å²) < 4.78 is 0. The van der Waals surface area contributed by atoms with Gasteiger partial charge in [0.15, 0.2) is 0 Å². The van der Waals surface area contributed by atoms with Crippen molar-refractivity contribution in [2.75, 3.05) is 25.0 Å². The van der Waals surface area contributed by atoms with E-state index in [4.69, 9.17) is 0 Å². The summed E-state index contributed by atoms with van der Waals surface area (Å²) >= 11 is 0. The fourth-order valence-electron chi connectivity index (χ4n) is 2.60. The Labute approximate surface area is 115 Å². The standard InChI is InChI=1S/C15H23N3O/c1-3-10-17-15(19)18-11-6-8-13(16-2)12-7-4-5-9-14(12)18/h4-5,7,9,13,16H,3,6,8,10-11H2,1-2H3,(H,17,19). The minimum Gasteiger partial charge on any atom is -0.338 e. The molecule has 1 aromatic carbocycles. The van der Waals surface area contributed by atoms with E-state index in [1.807, 2.05) is 30.1 Å². The van der Waals surface area contributed by atoms with Crippen LogP contribution in [-0.4, -0.2) is 26.2 Å². The molecular formula is C15H23N3O. The number of fused-ring (bicyclic) bond motifs is 1. The van der Waals surface area contributed by atoms with E-state index in [1.165, 1.54) is 5.56 Å². The SMILES string of the molecule is CCCNC(=O)N1CCCC(NC)c2ccccc21. The molecule has 0 radical (unpaired) electrons. The van der Waals surface area contributed by atoms with Crippen LogP contribution >= 0.6 is 0 Å². The minimum atomic E-state index is 0.0195. The zero-order valence-corrected chi connectivity index (χ0v) is 11.8. The number of carbonyl (C=O) groups is 1. The van der Waals surface area contributed by atoms with Crippen molar-refractivity contribution in [3.05, 3.63) is 29.8 Å². The number of rotatable bonds is 3. The first kappa shape index (κ1) is 13.9. The fourth-order valence-corrected chi connectivity index (χ4v) is 2.60. The number of urea groups is 1. The van der Waals surface area contributed by atoms with Crippen LogP contribution in [0.15, 0.2) is 24.3 Å². The van der Waals surface area contributed by atoms with E-state index >= 15 is 0 Å². The highest BCUT2D eigenvalue weighted by Crippen LogP contribution is 2.32. The predicted molar refractivity (Wildman–Crippen MR) is 78.5 cm³/mol. The minimum absolute atomic E-state index is 0.0195. The molecule has 1 atom stereocenters. The van der Waals surface area contributed by atoms with Gasteiger partial charge >= 0.3 is 6.03 Å². The summed E-state index contributed by atoms with van der Waals surface area (Å²) in [5.41, 5.74) is 2.25. The highest BCUT2D eigenvalue weighted by Gasteiger charge is 2.24. The molecule has 1 aromatic rings. The smallest absolute Gasteiger partial charge is 0.321 e. The van der Waals surface area contributed by atoms with Gasteiger partial charge in [-0.25, -0.2) is 4.79 Å². The topological polar surface area (TPSA) is 44.4 Å². The maximum absolute atomic E-state index is 12.3. The first-order valence-corrected chi connectivity index (χ1v) is 7.09. The molecule has 0 aliphatic carbocycles. The molecule has 2 amide bonds. The highest BCUT2D eigenvalue weighted by atomic mass is 16.2. The van der Waals surface area contributed by atoms with Crippen LogP contribution in [0.3, 0.4) is 0 Å². The average Bonchev–Trinajstić information content (AvgIpc) is 2.64. The van der Waals surface area contributed by atoms with Crippen molar-refractivity contribution in [2.45, 2.75) is 32.2 Å². The lowest BCUT2D eigenvalue weighted by atomic mass is 10.0. The van der Waals surface area contributed by atoms with Gasteiger partial charge in [0.2, 0.25) is 0 Å². The number of para-hydroxylation sites is 1. The lowest BCUT2D eigenvalue weighted by Crippen LogP contribution is -2.41. The summed E-state index contributed by atoms with van der Waals surface area (Å²) in [5.74, 6) is 0. The van der Waals surface area contributed by atoms with Gasteiger partial charge in [0.25, 0.3) is 0 Å². The quantitative estimate of drug-likeness (QED) is 0.878. The molecule has 0 aromatic heterocycles. The van der Waals surface area contributed by atoms with Crippen molar-refractivity contribution >= 4 is 11.7 Å². The van der Waals surface area contributed by atoms with Gasteiger partial charge in [0, 0.05) is 19.1 Å². The van der Waals surface area contributed by atoms with E-state index in [0.29, 0.717) is 6.04 Å². The summed E-state index contributed by atoms with van der Waals surface area (Å²) in [5, 5.41) is 6.31. The molecule has 1 heterocycles. The Morgan fingerprint density at radius 1 is 1.42 bits per heavy atom. The number of hydrogen-bond donors (Lipinski definition) is 2. The molecule has 0 bridgehead atoms. The second-order valence-corrected chi connectivity index (χ2v) is 4.93. The normalized spacial score (nSPS) is 18.6. The number of nitrogens with one attached hydrogen (secondary N) is 2. The maximum atomic E-state index is 12.3. The summed E-state index contributed by atoms with van der Waals surface area (Å²) in [7, 11) is 1.98. The molecule has 1 unspecified atom stereocenters. The Balaban J connectivity index is 2.27. The van der Waals surface area contributed by atoms with E-state index in [-0.39, 0.29) is 6.03 Å². The van der Waals surface area contributed by atoms with Crippen molar-refractivity contribution in [1.82, 2.24) is 10.6 Å². The molecule has 0 saturated heterocycles. The van der Waals surface area contributed by atoms with Gasteiger partial charge in [0.05, 0.1) is 5.69 Å². The summed E-state index contributed by atoms with van der Waals surface area (Å²) in [6.45, 7) is 3.57. The van der Waals surface area contributed by atoms with Gasteiger partial charge in [-0.15, -0.1) is 0 Å². The fraction of sp³-hybridized carbons (Fsp3) is 0.533. The molecule has 2 N–H and O–H groups in total. The van der Waals surface area contributed by atoms with E-state index in [2.05, 4.69) is 23.6 Å². The van der Waals surface area contributed by atoms with Crippen LogP contribution in [0, 0.1) is 0 Å². The van der Waals surface area contributed by atoms with Crippen LogP contribution in [0.1, 0.15) is 37.8 Å². The highest BCUT2D eigenvalue weighted by molar-refractivity contribution is 5.93. The molecule has 19 heavy (non-hydrogen) atoms. The lowest BCUT2D eigenvalue weighted by molar-refractivity contribution is 0.246. The number of anilines is 1. The van der Waals surface area contributed by atoms with E-state index in [1.54, 1.807) is 0 Å². The molecular weight excluding hydrogens is 238 g/mol. The van der Waals surface area contributed by atoms with Crippen LogP contribution in [0.4, 0.5) is 10.5 Å². The van der Waals surface area contributed by atoms with Gasteiger partial charge in [-0.1, -0.05) is 25.1 Å². The second kappa shape index (κ2) is 6.57. The Kier molecular flexibility index (Phi) is 4.80. The van der Waals surface area contributed by atoms with Crippen LogP contribution in [0.5, 0.6) is 0 Å². The molecule has 1 aliphatic rings. The Hall–Kier alpha value is -1.55. The van der Waals surface area contributed by atoms with Crippen molar-refractivity contribution in [3.63, 3.8) is 0 Å². The first-order valence-electron chi connectivity index (χ1n) is 7.09. The lowest BCUT2D eigenvalue weighted by Gasteiger charge is -2.24. The summed E-state index contributed by atoms with van der Waals surface area (Å²) in [4.78, 5) is 14.1. The first-order chi connectivity index (χ1) is 9.27. The number of benzene rings is 1. The number of nitrogens with zero attached hydrogens (tertiary/aromatic N) is 1. The number of amides is 2. The molecule has 0 saturated carbocycles. The Bertz CT molecular complexity index is 433. The second-order valence-electron chi connectivity index (χ2n) is 4.93. The molecule has 0 fully saturated rings. The van der Waals surface area contributed by atoms with Crippen LogP contribution < -0.4 is 15.5 Å². The Morgan fingerprint density at radius 2 is 2.21 bits per heavy atom. The van der Waals surface area contributed by atoms with Gasteiger partial charge < -0.3 is 10.6 Å². The zero-order chi connectivity index (χ0) is 13.7.